The van der Waals surface area contributed by atoms with Crippen molar-refractivity contribution in [2.24, 2.45) is 0 Å². The number of amides is 3. The minimum Gasteiger partial charge on any atom is -0.467 e. The van der Waals surface area contributed by atoms with Gasteiger partial charge in [-0.05, 0) is 32.0 Å². The Hall–Kier alpha value is -3.36. The van der Waals surface area contributed by atoms with Crippen molar-refractivity contribution in [1.82, 2.24) is 25.4 Å². The van der Waals surface area contributed by atoms with Gasteiger partial charge in [0, 0.05) is 11.4 Å². The van der Waals surface area contributed by atoms with E-state index in [1.807, 2.05) is 18.5 Å². The molecule has 0 spiro atoms. The fraction of sp³-hybridized carbons (Fsp3) is 0.294. The van der Waals surface area contributed by atoms with Crippen LogP contribution < -0.4 is 16.0 Å². The number of urea groups is 1. The second kappa shape index (κ2) is 7.68. The molecule has 9 heteroatoms. The third-order valence-corrected chi connectivity index (χ3v) is 3.63. The average molecular weight is 356 g/mol. The maximum Gasteiger partial charge on any atom is 0.319 e. The number of nitrogens with one attached hydrogen (secondary N) is 3. The molecule has 26 heavy (non-hydrogen) atoms. The molecule has 0 aliphatic rings. The molecule has 3 amide bonds. The molecule has 0 aromatic carbocycles. The lowest BCUT2D eigenvalue weighted by atomic mass is 10.3. The molecular weight excluding hydrogens is 336 g/mol. The molecule has 0 unspecified atom stereocenters. The lowest BCUT2D eigenvalue weighted by Crippen LogP contribution is -2.38. The number of furan rings is 1. The average Bonchev–Trinajstić information content (AvgIpc) is 3.27. The van der Waals surface area contributed by atoms with E-state index in [1.165, 1.54) is 6.26 Å². The Morgan fingerprint density at radius 3 is 2.85 bits per heavy atom. The number of hydrogen-bond acceptors (Lipinski definition) is 5. The van der Waals surface area contributed by atoms with Crippen molar-refractivity contribution in [3.63, 3.8) is 0 Å². The molecule has 3 N–H and O–H groups in total. The highest BCUT2D eigenvalue weighted by Crippen LogP contribution is 2.18. The van der Waals surface area contributed by atoms with Crippen molar-refractivity contribution >= 4 is 28.7 Å². The standard InChI is InChI=1S/C17H20N6O3/c1-11(2)23-16-12(7-21-23)6-13(8-19-16)22-17(25)20-10-15(24)18-9-14-4-3-5-26-14/h3-8,11H,9-10H2,1-2H3,(H,18,24)(H2,20,22,25). The number of aromatic nitrogens is 3. The zero-order valence-corrected chi connectivity index (χ0v) is 14.5. The van der Waals surface area contributed by atoms with Crippen LogP contribution >= 0.6 is 0 Å². The van der Waals surface area contributed by atoms with Gasteiger partial charge in [-0.2, -0.15) is 5.10 Å². The number of anilines is 1. The molecule has 9 nitrogen and oxygen atoms in total. The van der Waals surface area contributed by atoms with Crippen molar-refractivity contribution < 1.29 is 14.0 Å². The minimum absolute atomic E-state index is 0.145. The fourth-order valence-electron chi connectivity index (χ4n) is 2.38. The lowest BCUT2D eigenvalue weighted by molar-refractivity contribution is -0.120. The molecule has 136 valence electrons. The summed E-state index contributed by atoms with van der Waals surface area (Å²) >= 11 is 0. The zero-order chi connectivity index (χ0) is 18.5. The summed E-state index contributed by atoms with van der Waals surface area (Å²) in [5.41, 5.74) is 1.28. The number of hydrogen-bond donors (Lipinski definition) is 3. The van der Waals surface area contributed by atoms with Gasteiger partial charge < -0.3 is 20.4 Å². The van der Waals surface area contributed by atoms with Gasteiger partial charge in [-0.25, -0.2) is 14.5 Å². The number of fused-ring (bicyclic) bond motifs is 1. The van der Waals surface area contributed by atoms with Crippen molar-refractivity contribution in [2.75, 3.05) is 11.9 Å². The van der Waals surface area contributed by atoms with Crippen molar-refractivity contribution in [2.45, 2.75) is 26.4 Å². The van der Waals surface area contributed by atoms with E-state index >= 15 is 0 Å². The maximum atomic E-state index is 11.9. The third-order valence-electron chi connectivity index (χ3n) is 3.63. The first-order valence-corrected chi connectivity index (χ1v) is 8.20. The van der Waals surface area contributed by atoms with Crippen LogP contribution in [0.3, 0.4) is 0 Å². The number of carbonyl (C=O) groups excluding carboxylic acids is 2. The Balaban J connectivity index is 1.50. The van der Waals surface area contributed by atoms with Crippen LogP contribution in [0.1, 0.15) is 25.6 Å². The van der Waals surface area contributed by atoms with Crippen LogP contribution in [0.5, 0.6) is 0 Å². The van der Waals surface area contributed by atoms with E-state index in [1.54, 1.807) is 30.6 Å². The van der Waals surface area contributed by atoms with Crippen LogP contribution in [-0.4, -0.2) is 33.2 Å². The molecule has 0 saturated heterocycles. The molecule has 0 saturated carbocycles. The van der Waals surface area contributed by atoms with E-state index in [4.69, 9.17) is 4.42 Å². The quantitative estimate of drug-likeness (QED) is 0.625. The summed E-state index contributed by atoms with van der Waals surface area (Å²) in [6.45, 7) is 4.17. The van der Waals surface area contributed by atoms with E-state index in [0.29, 0.717) is 11.4 Å². The SMILES string of the molecule is CC(C)n1ncc2cc(NC(=O)NCC(=O)NCc3ccco3)cnc21. The van der Waals surface area contributed by atoms with Crippen LogP contribution in [0.15, 0.2) is 41.3 Å². The second-order valence-corrected chi connectivity index (χ2v) is 5.98. The van der Waals surface area contributed by atoms with Gasteiger partial charge in [0.25, 0.3) is 0 Å². The summed E-state index contributed by atoms with van der Waals surface area (Å²) < 4.78 is 6.92. The van der Waals surface area contributed by atoms with Gasteiger partial charge in [-0.15, -0.1) is 0 Å². The molecule has 0 fully saturated rings. The molecule has 0 bridgehead atoms. The Morgan fingerprint density at radius 1 is 1.27 bits per heavy atom. The first-order chi connectivity index (χ1) is 12.5. The van der Waals surface area contributed by atoms with E-state index in [-0.39, 0.29) is 25.0 Å². The van der Waals surface area contributed by atoms with Gasteiger partial charge in [-0.3, -0.25) is 4.79 Å². The number of nitrogens with zero attached hydrogens (tertiary/aromatic N) is 3. The third kappa shape index (κ3) is 4.18. The van der Waals surface area contributed by atoms with Crippen LogP contribution in [0.2, 0.25) is 0 Å². The van der Waals surface area contributed by atoms with Gasteiger partial charge in [0.1, 0.15) is 5.76 Å². The topological polar surface area (TPSA) is 114 Å². The smallest absolute Gasteiger partial charge is 0.319 e. The normalized spacial score (nSPS) is 10.9. The Bertz CT molecular complexity index is 901. The van der Waals surface area contributed by atoms with E-state index < -0.39 is 6.03 Å². The fourth-order valence-corrected chi connectivity index (χ4v) is 2.38. The van der Waals surface area contributed by atoms with Crippen LogP contribution in [0.25, 0.3) is 11.0 Å². The molecular formula is C17H20N6O3. The molecule has 0 radical (unpaired) electrons. The minimum atomic E-state index is -0.490. The molecule has 0 atom stereocenters. The Morgan fingerprint density at radius 2 is 2.12 bits per heavy atom. The zero-order valence-electron chi connectivity index (χ0n) is 14.5. The molecule has 3 heterocycles. The predicted octanol–water partition coefficient (Wildman–Crippen LogP) is 2.04. The highest BCUT2D eigenvalue weighted by Gasteiger charge is 2.10. The lowest BCUT2D eigenvalue weighted by Gasteiger charge is -2.09. The van der Waals surface area contributed by atoms with Gasteiger partial charge in [0.05, 0.1) is 37.4 Å². The Kier molecular flexibility index (Phi) is 5.16. The van der Waals surface area contributed by atoms with E-state index in [2.05, 4.69) is 26.0 Å². The van der Waals surface area contributed by atoms with Gasteiger partial charge in [0.15, 0.2) is 5.65 Å². The highest BCUT2D eigenvalue weighted by atomic mass is 16.3. The molecule has 0 aliphatic heterocycles. The van der Waals surface area contributed by atoms with Crippen molar-refractivity contribution in [3.8, 4) is 0 Å². The summed E-state index contributed by atoms with van der Waals surface area (Å²) in [4.78, 5) is 28.0. The van der Waals surface area contributed by atoms with Crippen molar-refractivity contribution in [1.29, 1.82) is 0 Å². The first-order valence-electron chi connectivity index (χ1n) is 8.20. The summed E-state index contributed by atoms with van der Waals surface area (Å²) in [7, 11) is 0. The van der Waals surface area contributed by atoms with Gasteiger partial charge in [0.2, 0.25) is 5.91 Å². The summed E-state index contributed by atoms with van der Waals surface area (Å²) in [5.74, 6) is 0.326. The summed E-state index contributed by atoms with van der Waals surface area (Å²) in [6, 6.07) is 4.98. The predicted molar refractivity (Wildman–Crippen MR) is 95.5 cm³/mol. The van der Waals surface area contributed by atoms with Crippen LogP contribution in [-0.2, 0) is 11.3 Å². The van der Waals surface area contributed by atoms with Gasteiger partial charge in [-0.1, -0.05) is 0 Å². The highest BCUT2D eigenvalue weighted by molar-refractivity contribution is 5.93. The number of rotatable bonds is 6. The second-order valence-electron chi connectivity index (χ2n) is 5.98. The number of pyridine rings is 1. The molecule has 3 aromatic rings. The molecule has 3 aromatic heterocycles. The molecule has 0 aliphatic carbocycles. The molecule has 3 rings (SSSR count). The van der Waals surface area contributed by atoms with E-state index in [0.717, 1.165) is 11.0 Å². The number of carbonyl (C=O) groups is 2. The van der Waals surface area contributed by atoms with Crippen LogP contribution in [0.4, 0.5) is 10.5 Å². The summed E-state index contributed by atoms with van der Waals surface area (Å²) in [6.07, 6.45) is 4.79. The van der Waals surface area contributed by atoms with Gasteiger partial charge >= 0.3 is 6.03 Å². The van der Waals surface area contributed by atoms with Crippen LogP contribution in [0, 0.1) is 0 Å². The maximum absolute atomic E-state index is 11.9. The van der Waals surface area contributed by atoms with Crippen molar-refractivity contribution in [3.05, 3.63) is 42.6 Å². The summed E-state index contributed by atoms with van der Waals surface area (Å²) in [5, 5.41) is 12.9. The van der Waals surface area contributed by atoms with E-state index in [9.17, 15) is 9.59 Å². The first kappa shape index (κ1) is 17.5. The monoisotopic (exact) mass is 356 g/mol. The largest absolute Gasteiger partial charge is 0.467 e. The Labute approximate surface area is 149 Å².